The molecule has 1 fully saturated rings. The molecule has 1 aliphatic rings. The van der Waals surface area contributed by atoms with E-state index in [0.29, 0.717) is 12.6 Å². The normalized spacial score (nSPS) is 18.4. The van der Waals surface area contributed by atoms with Crippen LogP contribution in [-0.4, -0.2) is 34.1 Å². The Bertz CT molecular complexity index is 599. The molecule has 3 heterocycles. The molecule has 2 N–H and O–H groups in total. The van der Waals surface area contributed by atoms with Gasteiger partial charge >= 0.3 is 0 Å². The average Bonchev–Trinajstić information content (AvgIpc) is 2.53. The van der Waals surface area contributed by atoms with Gasteiger partial charge in [0.05, 0.1) is 12.7 Å². The molecular weight excluding hydrogens is 278 g/mol. The molecule has 6 nitrogen and oxygen atoms in total. The van der Waals surface area contributed by atoms with E-state index in [9.17, 15) is 0 Å². The molecule has 0 aliphatic carbocycles. The highest BCUT2D eigenvalue weighted by Gasteiger charge is 2.22. The van der Waals surface area contributed by atoms with Gasteiger partial charge in [-0.3, -0.25) is 4.98 Å². The minimum absolute atomic E-state index is 0.199. The number of nitrogen functional groups attached to an aromatic ring is 1. The number of nitrogens with zero attached hydrogens (tertiary/aromatic N) is 4. The third-order valence-electron chi connectivity index (χ3n) is 3.77. The van der Waals surface area contributed by atoms with Crippen molar-refractivity contribution < 1.29 is 4.74 Å². The molecular formula is C16H21N5O. The predicted octanol–water partition coefficient (Wildman–Crippen LogP) is 1.95. The molecule has 6 heteroatoms. The first-order valence-corrected chi connectivity index (χ1v) is 7.57. The molecule has 0 radical (unpaired) electrons. The second kappa shape index (κ2) is 6.70. The van der Waals surface area contributed by atoms with Gasteiger partial charge in [0.25, 0.3) is 0 Å². The molecule has 0 spiro atoms. The second-order valence-electron chi connectivity index (χ2n) is 5.61. The van der Waals surface area contributed by atoms with Crippen LogP contribution in [0.2, 0.25) is 0 Å². The van der Waals surface area contributed by atoms with Gasteiger partial charge in [-0.1, -0.05) is 6.07 Å². The molecule has 0 unspecified atom stereocenters. The van der Waals surface area contributed by atoms with Gasteiger partial charge in [0.1, 0.15) is 5.82 Å². The minimum atomic E-state index is 0.199. The quantitative estimate of drug-likeness (QED) is 0.929. The first-order valence-electron chi connectivity index (χ1n) is 7.57. The summed E-state index contributed by atoms with van der Waals surface area (Å²) in [6.07, 6.45) is 5.96. The van der Waals surface area contributed by atoms with Crippen molar-refractivity contribution in [3.05, 3.63) is 41.9 Å². The number of ether oxygens (including phenoxy) is 1. The molecule has 0 amide bonds. The number of pyridine rings is 1. The molecule has 116 valence electrons. The molecule has 1 atom stereocenters. The summed E-state index contributed by atoms with van der Waals surface area (Å²) in [6, 6.07) is 5.93. The van der Waals surface area contributed by atoms with Crippen LogP contribution < -0.4 is 10.6 Å². The maximum atomic E-state index is 6.02. The van der Waals surface area contributed by atoms with Crippen LogP contribution in [0, 0.1) is 6.92 Å². The number of aromatic nitrogens is 3. The number of rotatable bonds is 4. The number of aryl methyl sites for hydroxylation is 1. The van der Waals surface area contributed by atoms with Gasteiger partial charge in [-0.25, -0.2) is 4.98 Å². The van der Waals surface area contributed by atoms with Crippen LogP contribution >= 0.6 is 0 Å². The molecule has 22 heavy (non-hydrogen) atoms. The van der Waals surface area contributed by atoms with Crippen LogP contribution in [0.5, 0.6) is 0 Å². The lowest BCUT2D eigenvalue weighted by Crippen LogP contribution is -2.40. The number of nitrogens with two attached hydrogens (primary N) is 1. The topological polar surface area (TPSA) is 77.2 Å². The summed E-state index contributed by atoms with van der Waals surface area (Å²) in [5.41, 5.74) is 7.74. The highest BCUT2D eigenvalue weighted by molar-refractivity contribution is 5.43. The van der Waals surface area contributed by atoms with Crippen LogP contribution in [-0.2, 0) is 11.3 Å². The van der Waals surface area contributed by atoms with Gasteiger partial charge in [-0.15, -0.1) is 0 Å². The summed E-state index contributed by atoms with van der Waals surface area (Å²) >= 11 is 0. The van der Waals surface area contributed by atoms with Gasteiger partial charge < -0.3 is 15.4 Å². The van der Waals surface area contributed by atoms with E-state index in [1.807, 2.05) is 31.3 Å². The first kappa shape index (κ1) is 14.7. The van der Waals surface area contributed by atoms with Crippen molar-refractivity contribution in [3.8, 4) is 0 Å². The molecule has 0 saturated carbocycles. The fourth-order valence-corrected chi connectivity index (χ4v) is 2.72. The van der Waals surface area contributed by atoms with Gasteiger partial charge in [-0.05, 0) is 31.4 Å². The zero-order valence-electron chi connectivity index (χ0n) is 12.8. The van der Waals surface area contributed by atoms with E-state index >= 15 is 0 Å². The van der Waals surface area contributed by atoms with Crippen molar-refractivity contribution in [2.24, 2.45) is 0 Å². The molecule has 3 rings (SSSR count). The molecule has 2 aromatic rings. The minimum Gasteiger partial charge on any atom is -0.372 e. The third kappa shape index (κ3) is 3.71. The van der Waals surface area contributed by atoms with Crippen molar-refractivity contribution in [1.82, 2.24) is 15.0 Å². The van der Waals surface area contributed by atoms with E-state index in [4.69, 9.17) is 10.5 Å². The molecule has 0 aromatic carbocycles. The maximum absolute atomic E-state index is 6.02. The first-order chi connectivity index (χ1) is 10.7. The maximum Gasteiger partial charge on any atom is 0.222 e. The van der Waals surface area contributed by atoms with Crippen LogP contribution in [0.4, 0.5) is 11.8 Å². The smallest absolute Gasteiger partial charge is 0.222 e. The van der Waals surface area contributed by atoms with Crippen LogP contribution in [0.3, 0.4) is 0 Å². The second-order valence-corrected chi connectivity index (χ2v) is 5.61. The van der Waals surface area contributed by atoms with Crippen LogP contribution in [0.25, 0.3) is 0 Å². The summed E-state index contributed by atoms with van der Waals surface area (Å²) in [5, 5.41) is 0. The van der Waals surface area contributed by atoms with Crippen molar-refractivity contribution in [2.75, 3.05) is 23.7 Å². The van der Waals surface area contributed by atoms with E-state index < -0.39 is 0 Å². The largest absolute Gasteiger partial charge is 0.372 e. The Morgan fingerprint density at radius 2 is 2.32 bits per heavy atom. The van der Waals surface area contributed by atoms with E-state index in [0.717, 1.165) is 43.0 Å². The van der Waals surface area contributed by atoms with E-state index in [-0.39, 0.29) is 6.10 Å². The summed E-state index contributed by atoms with van der Waals surface area (Å²) in [7, 11) is 0. The van der Waals surface area contributed by atoms with Crippen molar-refractivity contribution in [1.29, 1.82) is 0 Å². The van der Waals surface area contributed by atoms with E-state index in [1.165, 1.54) is 0 Å². The van der Waals surface area contributed by atoms with Crippen molar-refractivity contribution in [2.45, 2.75) is 32.5 Å². The fraction of sp³-hybridized carbons (Fsp3) is 0.438. The van der Waals surface area contributed by atoms with Crippen LogP contribution in [0.1, 0.15) is 24.1 Å². The predicted molar refractivity (Wildman–Crippen MR) is 85.4 cm³/mol. The number of anilines is 2. The lowest BCUT2D eigenvalue weighted by Gasteiger charge is -2.33. The number of hydrogen-bond acceptors (Lipinski definition) is 6. The summed E-state index contributed by atoms with van der Waals surface area (Å²) < 4.78 is 6.02. The SMILES string of the molecule is Cc1cc(N2CCC[C@H](OCc3cccnc3)C2)nc(N)n1. The highest BCUT2D eigenvalue weighted by Crippen LogP contribution is 2.21. The Balaban J connectivity index is 1.61. The van der Waals surface area contributed by atoms with Crippen molar-refractivity contribution in [3.63, 3.8) is 0 Å². The lowest BCUT2D eigenvalue weighted by atomic mass is 10.1. The Labute approximate surface area is 130 Å². The molecule has 0 bridgehead atoms. The van der Waals surface area contributed by atoms with E-state index in [1.54, 1.807) is 6.20 Å². The van der Waals surface area contributed by atoms with Gasteiger partial charge in [0.15, 0.2) is 0 Å². The highest BCUT2D eigenvalue weighted by atomic mass is 16.5. The average molecular weight is 299 g/mol. The molecule has 1 aliphatic heterocycles. The zero-order chi connectivity index (χ0) is 15.4. The summed E-state index contributed by atoms with van der Waals surface area (Å²) in [5.74, 6) is 1.22. The Morgan fingerprint density at radius 3 is 3.09 bits per heavy atom. The fourth-order valence-electron chi connectivity index (χ4n) is 2.72. The number of piperidine rings is 1. The van der Waals surface area contributed by atoms with Crippen molar-refractivity contribution >= 4 is 11.8 Å². The van der Waals surface area contributed by atoms with Crippen LogP contribution in [0.15, 0.2) is 30.6 Å². The Hall–Kier alpha value is -2.21. The lowest BCUT2D eigenvalue weighted by molar-refractivity contribution is 0.0313. The van der Waals surface area contributed by atoms with E-state index in [2.05, 4.69) is 19.9 Å². The monoisotopic (exact) mass is 299 g/mol. The van der Waals surface area contributed by atoms with Gasteiger partial charge in [-0.2, -0.15) is 4.98 Å². The summed E-state index contributed by atoms with van der Waals surface area (Å²) in [6.45, 7) is 4.33. The molecule has 1 saturated heterocycles. The Kier molecular flexibility index (Phi) is 4.48. The standard InChI is InChI=1S/C16H21N5O/c1-12-8-15(20-16(17)19-12)21-7-3-5-14(10-21)22-11-13-4-2-6-18-9-13/h2,4,6,8-9,14H,3,5,7,10-11H2,1H3,(H2,17,19,20)/t14-/m0/s1. The molecule has 2 aromatic heterocycles. The third-order valence-corrected chi connectivity index (χ3v) is 3.77. The number of hydrogen-bond donors (Lipinski definition) is 1. The zero-order valence-corrected chi connectivity index (χ0v) is 12.8. The van der Waals surface area contributed by atoms with Gasteiger partial charge in [0.2, 0.25) is 5.95 Å². The summed E-state index contributed by atoms with van der Waals surface area (Å²) in [4.78, 5) is 14.8. The van der Waals surface area contributed by atoms with Gasteiger partial charge in [0, 0.05) is 37.2 Å². The Morgan fingerprint density at radius 1 is 1.41 bits per heavy atom.